The monoisotopic (exact) mass is 419 g/mol. The van der Waals surface area contributed by atoms with Crippen LogP contribution in [0, 0.1) is 0 Å². The van der Waals surface area contributed by atoms with Crippen LogP contribution >= 0.6 is 12.2 Å². The highest BCUT2D eigenvalue weighted by molar-refractivity contribution is 7.80. The molecule has 2 saturated heterocycles. The molecule has 0 aliphatic carbocycles. The van der Waals surface area contributed by atoms with E-state index in [1.807, 2.05) is 30.6 Å². The second-order valence-corrected chi connectivity index (χ2v) is 8.22. The standard InChI is InChI=1S/C23H25N5OS/c30-23-26-21(19-8-1-2-11-25-19)22(28(23)15-17-6-3-10-24-14-17)20-9-4-12-27(20)16-18-7-5-13-29-18/h1-4,6,8-12,14,18,21-22H,5,7,13,15-16H2,(H,26,30)/t18-,21+,22-/m0/s1. The lowest BCUT2D eigenvalue weighted by Crippen LogP contribution is -2.30. The van der Waals surface area contributed by atoms with E-state index in [9.17, 15) is 0 Å². The van der Waals surface area contributed by atoms with E-state index in [-0.39, 0.29) is 18.2 Å². The third kappa shape index (κ3) is 3.82. The fourth-order valence-electron chi connectivity index (χ4n) is 4.46. The number of ether oxygens (including phenoxy) is 1. The summed E-state index contributed by atoms with van der Waals surface area (Å²) in [6, 6.07) is 14.4. The minimum atomic E-state index is -0.0199. The quantitative estimate of drug-likeness (QED) is 0.616. The van der Waals surface area contributed by atoms with E-state index in [1.54, 1.807) is 6.20 Å². The van der Waals surface area contributed by atoms with Crippen LogP contribution in [0.2, 0.25) is 0 Å². The third-order valence-corrected chi connectivity index (χ3v) is 6.22. The molecule has 3 atom stereocenters. The van der Waals surface area contributed by atoms with Crippen molar-refractivity contribution in [2.45, 2.75) is 44.1 Å². The van der Waals surface area contributed by atoms with Crippen LogP contribution in [0.5, 0.6) is 0 Å². The van der Waals surface area contributed by atoms with E-state index >= 15 is 0 Å². The summed E-state index contributed by atoms with van der Waals surface area (Å²) < 4.78 is 8.22. The predicted molar refractivity (Wildman–Crippen MR) is 119 cm³/mol. The van der Waals surface area contributed by atoms with Gasteiger partial charge in [0.2, 0.25) is 0 Å². The van der Waals surface area contributed by atoms with Gasteiger partial charge < -0.3 is 19.5 Å². The molecule has 0 bridgehead atoms. The minimum absolute atomic E-state index is 0.0199. The highest BCUT2D eigenvalue weighted by atomic mass is 32.1. The Morgan fingerprint density at radius 2 is 2.10 bits per heavy atom. The molecular weight excluding hydrogens is 394 g/mol. The zero-order valence-corrected chi connectivity index (χ0v) is 17.5. The number of nitrogens with one attached hydrogen (secondary N) is 1. The number of thiocarbonyl (C=S) groups is 1. The Balaban J connectivity index is 1.51. The van der Waals surface area contributed by atoms with Crippen molar-refractivity contribution in [3.8, 4) is 0 Å². The highest BCUT2D eigenvalue weighted by Gasteiger charge is 2.41. The molecule has 0 radical (unpaired) electrons. The lowest BCUT2D eigenvalue weighted by Gasteiger charge is -2.29. The van der Waals surface area contributed by atoms with Crippen molar-refractivity contribution in [1.29, 1.82) is 0 Å². The normalized spacial score (nSPS) is 23.7. The first-order valence-electron chi connectivity index (χ1n) is 10.4. The van der Waals surface area contributed by atoms with Crippen molar-refractivity contribution < 1.29 is 4.74 Å². The molecule has 0 amide bonds. The summed E-state index contributed by atoms with van der Waals surface area (Å²) in [6.07, 6.45) is 10.2. The highest BCUT2D eigenvalue weighted by Crippen LogP contribution is 2.39. The number of nitrogens with zero attached hydrogens (tertiary/aromatic N) is 4. The second kappa shape index (κ2) is 8.53. The number of aromatic nitrogens is 3. The van der Waals surface area contributed by atoms with Crippen LogP contribution in [0.15, 0.2) is 67.3 Å². The van der Waals surface area contributed by atoms with Gasteiger partial charge in [-0.25, -0.2) is 0 Å². The summed E-state index contributed by atoms with van der Waals surface area (Å²) in [4.78, 5) is 11.2. The SMILES string of the molecule is S=C1N[C@H](c2ccccn2)[C@H](c2cccn2C[C@@H]2CCCO2)N1Cc1cccnc1. The van der Waals surface area contributed by atoms with Crippen LogP contribution < -0.4 is 5.32 Å². The topological polar surface area (TPSA) is 55.2 Å². The van der Waals surface area contributed by atoms with Gasteiger partial charge >= 0.3 is 0 Å². The van der Waals surface area contributed by atoms with Gasteiger partial charge in [-0.1, -0.05) is 12.1 Å². The molecular formula is C23H25N5OS. The maximum atomic E-state index is 5.90. The molecule has 0 unspecified atom stereocenters. The van der Waals surface area contributed by atoms with Crippen molar-refractivity contribution in [1.82, 2.24) is 24.8 Å². The average molecular weight is 420 g/mol. The Labute approximate surface area is 181 Å². The number of rotatable bonds is 6. The molecule has 0 spiro atoms. The average Bonchev–Trinajstić information content (AvgIpc) is 3.52. The predicted octanol–water partition coefficient (Wildman–Crippen LogP) is 3.63. The van der Waals surface area contributed by atoms with Crippen molar-refractivity contribution in [2.24, 2.45) is 0 Å². The zero-order chi connectivity index (χ0) is 20.3. The lowest BCUT2D eigenvalue weighted by atomic mass is 10.0. The van der Waals surface area contributed by atoms with Crippen molar-refractivity contribution in [3.63, 3.8) is 0 Å². The van der Waals surface area contributed by atoms with Crippen LogP contribution in [0.1, 0.15) is 41.9 Å². The van der Waals surface area contributed by atoms with Gasteiger partial charge in [-0.15, -0.1) is 0 Å². The van der Waals surface area contributed by atoms with E-state index in [1.165, 1.54) is 5.69 Å². The van der Waals surface area contributed by atoms with Crippen molar-refractivity contribution >= 4 is 17.3 Å². The molecule has 2 aliphatic heterocycles. The van der Waals surface area contributed by atoms with Crippen LogP contribution in [-0.4, -0.2) is 37.3 Å². The van der Waals surface area contributed by atoms with E-state index in [4.69, 9.17) is 17.0 Å². The van der Waals surface area contributed by atoms with E-state index in [0.717, 1.165) is 42.4 Å². The molecule has 6 nitrogen and oxygen atoms in total. The molecule has 2 aliphatic rings. The first kappa shape index (κ1) is 19.2. The van der Waals surface area contributed by atoms with Gasteiger partial charge in [-0.2, -0.15) is 0 Å². The molecule has 0 aromatic carbocycles. The summed E-state index contributed by atoms with van der Waals surface area (Å²) >= 11 is 5.79. The fraction of sp³-hybridized carbons (Fsp3) is 0.348. The summed E-state index contributed by atoms with van der Waals surface area (Å²) in [5.74, 6) is 0. The molecule has 3 aromatic rings. The van der Waals surface area contributed by atoms with Crippen molar-refractivity contribution in [2.75, 3.05) is 6.61 Å². The van der Waals surface area contributed by atoms with E-state index in [0.29, 0.717) is 6.54 Å². The number of hydrogen-bond donors (Lipinski definition) is 1. The molecule has 3 aromatic heterocycles. The third-order valence-electron chi connectivity index (χ3n) is 5.87. The van der Waals surface area contributed by atoms with Crippen molar-refractivity contribution in [3.05, 3.63) is 84.2 Å². The van der Waals surface area contributed by atoms with Gasteiger partial charge in [0.05, 0.1) is 23.9 Å². The first-order valence-corrected chi connectivity index (χ1v) is 10.8. The molecule has 0 saturated carbocycles. The maximum Gasteiger partial charge on any atom is 0.170 e. The van der Waals surface area contributed by atoms with Crippen LogP contribution in [0.4, 0.5) is 0 Å². The summed E-state index contributed by atoms with van der Waals surface area (Å²) in [5, 5.41) is 4.27. The summed E-state index contributed by atoms with van der Waals surface area (Å²) in [5.41, 5.74) is 3.34. The first-order chi connectivity index (χ1) is 14.8. The molecule has 30 heavy (non-hydrogen) atoms. The Kier molecular flexibility index (Phi) is 5.46. The van der Waals surface area contributed by atoms with Gasteiger partial charge in [0, 0.05) is 50.2 Å². The van der Waals surface area contributed by atoms with Crippen LogP contribution in [0.3, 0.4) is 0 Å². The van der Waals surface area contributed by atoms with Crippen LogP contribution in [0.25, 0.3) is 0 Å². The molecule has 5 rings (SSSR count). The van der Waals surface area contributed by atoms with Gasteiger partial charge in [-0.05, 0) is 61.0 Å². The molecule has 5 heterocycles. The molecule has 7 heteroatoms. The Hall–Kier alpha value is -2.77. The number of hydrogen-bond acceptors (Lipinski definition) is 4. The molecule has 154 valence electrons. The lowest BCUT2D eigenvalue weighted by molar-refractivity contribution is 0.0953. The Bertz CT molecular complexity index is 987. The smallest absolute Gasteiger partial charge is 0.170 e. The van der Waals surface area contributed by atoms with Gasteiger partial charge in [0.25, 0.3) is 0 Å². The second-order valence-electron chi connectivity index (χ2n) is 7.84. The van der Waals surface area contributed by atoms with E-state index < -0.39 is 0 Å². The largest absolute Gasteiger partial charge is 0.376 e. The number of pyridine rings is 2. The fourth-order valence-corrected chi connectivity index (χ4v) is 4.76. The Morgan fingerprint density at radius 1 is 1.13 bits per heavy atom. The van der Waals surface area contributed by atoms with Crippen LogP contribution in [-0.2, 0) is 17.8 Å². The molecule has 1 N–H and O–H groups in total. The maximum absolute atomic E-state index is 5.90. The summed E-state index contributed by atoms with van der Waals surface area (Å²) in [6.45, 7) is 2.42. The summed E-state index contributed by atoms with van der Waals surface area (Å²) in [7, 11) is 0. The molecule has 2 fully saturated rings. The van der Waals surface area contributed by atoms with Gasteiger partial charge in [0.1, 0.15) is 0 Å². The van der Waals surface area contributed by atoms with Gasteiger partial charge in [-0.3, -0.25) is 9.97 Å². The zero-order valence-electron chi connectivity index (χ0n) is 16.7. The minimum Gasteiger partial charge on any atom is -0.376 e. The van der Waals surface area contributed by atoms with E-state index in [2.05, 4.69) is 55.2 Å². The van der Waals surface area contributed by atoms with Gasteiger partial charge in [0.15, 0.2) is 5.11 Å². The Morgan fingerprint density at radius 3 is 2.87 bits per heavy atom.